The van der Waals surface area contributed by atoms with Gasteiger partial charge in [0, 0.05) is 6.21 Å². The molecule has 142 valence electrons. The van der Waals surface area contributed by atoms with Crippen molar-refractivity contribution >= 4 is 17.9 Å². The zero-order chi connectivity index (χ0) is 20.1. The largest absolute Gasteiger partial charge is 0.423 e. The zero-order valence-corrected chi connectivity index (χ0v) is 14.9. The SMILES string of the molecule is Cc1ccc(N=Cc2ccc(OC(=O)c3ccc(C(F)(F)F)cc3)cc2)cc1. The van der Waals surface area contributed by atoms with E-state index in [1.807, 2.05) is 31.2 Å². The van der Waals surface area contributed by atoms with E-state index < -0.39 is 17.7 Å². The Balaban J connectivity index is 1.63. The lowest BCUT2D eigenvalue weighted by Gasteiger charge is -2.08. The van der Waals surface area contributed by atoms with Gasteiger partial charge in [-0.3, -0.25) is 4.99 Å². The first kappa shape index (κ1) is 19.4. The standard InChI is InChI=1S/C22H16F3NO2/c1-15-2-10-19(11-3-15)26-14-16-4-12-20(13-5-16)28-21(27)17-6-8-18(9-7-17)22(23,24)25/h2-14H,1H3. The highest BCUT2D eigenvalue weighted by Gasteiger charge is 2.30. The van der Waals surface area contributed by atoms with Crippen LogP contribution in [0.15, 0.2) is 77.8 Å². The van der Waals surface area contributed by atoms with E-state index in [9.17, 15) is 18.0 Å². The van der Waals surface area contributed by atoms with E-state index in [2.05, 4.69) is 4.99 Å². The summed E-state index contributed by atoms with van der Waals surface area (Å²) in [5, 5.41) is 0. The molecular formula is C22H16F3NO2. The Hall–Kier alpha value is -3.41. The summed E-state index contributed by atoms with van der Waals surface area (Å²) < 4.78 is 42.9. The molecule has 0 radical (unpaired) electrons. The average molecular weight is 383 g/mol. The van der Waals surface area contributed by atoms with Crippen LogP contribution >= 0.6 is 0 Å². The van der Waals surface area contributed by atoms with Crippen LogP contribution in [0.1, 0.15) is 27.0 Å². The molecule has 0 aliphatic carbocycles. The Labute approximate surface area is 160 Å². The molecule has 0 N–H and O–H groups in total. The van der Waals surface area contributed by atoms with Crippen molar-refractivity contribution in [3.05, 3.63) is 95.1 Å². The van der Waals surface area contributed by atoms with Crippen LogP contribution in [0.5, 0.6) is 5.75 Å². The topological polar surface area (TPSA) is 38.7 Å². The fourth-order valence-electron chi connectivity index (χ4n) is 2.36. The molecule has 0 spiro atoms. The second-order valence-electron chi connectivity index (χ2n) is 6.13. The van der Waals surface area contributed by atoms with E-state index in [-0.39, 0.29) is 11.3 Å². The highest BCUT2D eigenvalue weighted by Crippen LogP contribution is 2.29. The molecule has 0 atom stereocenters. The van der Waals surface area contributed by atoms with E-state index in [0.29, 0.717) is 0 Å². The third-order valence-corrected chi connectivity index (χ3v) is 3.94. The molecule has 3 nitrogen and oxygen atoms in total. The lowest BCUT2D eigenvalue weighted by Crippen LogP contribution is -2.10. The Bertz CT molecular complexity index is 974. The molecule has 0 heterocycles. The first-order valence-corrected chi connectivity index (χ1v) is 8.41. The van der Waals surface area contributed by atoms with Gasteiger partial charge in [0.25, 0.3) is 0 Å². The van der Waals surface area contributed by atoms with Crippen LogP contribution in [0.3, 0.4) is 0 Å². The number of nitrogens with zero attached hydrogens (tertiary/aromatic N) is 1. The van der Waals surface area contributed by atoms with Crippen LogP contribution in [-0.2, 0) is 6.18 Å². The Morgan fingerprint density at radius 2 is 1.50 bits per heavy atom. The van der Waals surface area contributed by atoms with E-state index in [1.165, 1.54) is 0 Å². The molecule has 0 amide bonds. The van der Waals surface area contributed by atoms with Crippen molar-refractivity contribution in [1.29, 1.82) is 0 Å². The van der Waals surface area contributed by atoms with Gasteiger partial charge < -0.3 is 4.74 Å². The van der Waals surface area contributed by atoms with Crippen LogP contribution in [0.2, 0.25) is 0 Å². The van der Waals surface area contributed by atoms with Gasteiger partial charge in [-0.05, 0) is 73.2 Å². The van der Waals surface area contributed by atoms with Gasteiger partial charge in [0.05, 0.1) is 16.8 Å². The van der Waals surface area contributed by atoms with Crippen LogP contribution in [-0.4, -0.2) is 12.2 Å². The number of carbonyl (C=O) groups is 1. The minimum atomic E-state index is -4.45. The third kappa shape index (κ3) is 5.07. The predicted octanol–water partition coefficient (Wildman–Crippen LogP) is 5.98. The van der Waals surface area contributed by atoms with Crippen molar-refractivity contribution in [2.75, 3.05) is 0 Å². The summed E-state index contributed by atoms with van der Waals surface area (Å²) in [6.45, 7) is 2.00. The Kier molecular flexibility index (Phi) is 5.59. The quantitative estimate of drug-likeness (QED) is 0.316. The number of halogens is 3. The minimum Gasteiger partial charge on any atom is -0.423 e. The number of hydrogen-bond acceptors (Lipinski definition) is 3. The summed E-state index contributed by atoms with van der Waals surface area (Å²) in [7, 11) is 0. The van der Waals surface area contributed by atoms with Gasteiger partial charge in [-0.1, -0.05) is 17.7 Å². The maximum absolute atomic E-state index is 12.6. The van der Waals surface area contributed by atoms with Crippen molar-refractivity contribution in [3.8, 4) is 5.75 Å². The van der Waals surface area contributed by atoms with Gasteiger partial charge in [0.2, 0.25) is 0 Å². The maximum Gasteiger partial charge on any atom is 0.416 e. The summed E-state index contributed by atoms with van der Waals surface area (Å²) in [4.78, 5) is 16.4. The second kappa shape index (κ2) is 8.08. The van der Waals surface area contributed by atoms with E-state index >= 15 is 0 Å². The molecular weight excluding hydrogens is 367 g/mol. The molecule has 0 saturated heterocycles. The van der Waals surface area contributed by atoms with Crippen molar-refractivity contribution in [1.82, 2.24) is 0 Å². The van der Waals surface area contributed by atoms with Crippen LogP contribution < -0.4 is 4.74 Å². The summed E-state index contributed by atoms with van der Waals surface area (Å²) in [6, 6.07) is 18.3. The molecule has 3 rings (SSSR count). The normalized spacial score (nSPS) is 11.6. The summed E-state index contributed by atoms with van der Waals surface area (Å²) >= 11 is 0. The second-order valence-corrected chi connectivity index (χ2v) is 6.13. The van der Waals surface area contributed by atoms with Gasteiger partial charge in [0.15, 0.2) is 0 Å². The predicted molar refractivity (Wildman–Crippen MR) is 101 cm³/mol. The Morgan fingerprint density at radius 1 is 0.893 bits per heavy atom. The number of hydrogen-bond donors (Lipinski definition) is 0. The van der Waals surface area contributed by atoms with Crippen molar-refractivity contribution in [2.45, 2.75) is 13.1 Å². The number of esters is 1. The lowest BCUT2D eigenvalue weighted by molar-refractivity contribution is -0.137. The minimum absolute atomic E-state index is 0.0398. The fraction of sp³-hybridized carbons (Fsp3) is 0.0909. The van der Waals surface area contributed by atoms with Gasteiger partial charge in [-0.25, -0.2) is 4.79 Å². The monoisotopic (exact) mass is 383 g/mol. The van der Waals surface area contributed by atoms with Crippen LogP contribution in [0.4, 0.5) is 18.9 Å². The highest BCUT2D eigenvalue weighted by atomic mass is 19.4. The summed E-state index contributed by atoms with van der Waals surface area (Å²) in [5.41, 5.74) is 2.01. The first-order valence-electron chi connectivity index (χ1n) is 8.41. The van der Waals surface area contributed by atoms with Gasteiger partial charge in [-0.2, -0.15) is 13.2 Å². The molecule has 0 fully saturated rings. The molecule has 0 aliphatic rings. The van der Waals surface area contributed by atoms with Gasteiger partial charge >= 0.3 is 12.1 Å². The van der Waals surface area contributed by atoms with Crippen LogP contribution in [0.25, 0.3) is 0 Å². The highest BCUT2D eigenvalue weighted by molar-refractivity contribution is 5.91. The fourth-order valence-corrected chi connectivity index (χ4v) is 2.36. The number of carbonyl (C=O) groups excluding carboxylic acids is 1. The molecule has 0 aliphatic heterocycles. The molecule has 6 heteroatoms. The van der Waals surface area contributed by atoms with E-state index in [4.69, 9.17) is 4.74 Å². The lowest BCUT2D eigenvalue weighted by atomic mass is 10.1. The Morgan fingerprint density at radius 3 is 2.07 bits per heavy atom. The number of rotatable bonds is 4. The molecule has 0 saturated carbocycles. The smallest absolute Gasteiger partial charge is 0.416 e. The first-order chi connectivity index (χ1) is 13.3. The average Bonchev–Trinajstić information content (AvgIpc) is 2.68. The molecule has 0 bridgehead atoms. The van der Waals surface area contributed by atoms with Crippen molar-refractivity contribution in [2.24, 2.45) is 4.99 Å². The van der Waals surface area contributed by atoms with Crippen molar-refractivity contribution < 1.29 is 22.7 Å². The number of benzene rings is 3. The van der Waals surface area contributed by atoms with E-state index in [1.54, 1.807) is 30.5 Å². The molecule has 0 unspecified atom stereocenters. The summed E-state index contributed by atoms with van der Waals surface area (Å²) in [5.74, 6) is -0.438. The maximum atomic E-state index is 12.6. The third-order valence-electron chi connectivity index (χ3n) is 3.94. The number of aliphatic imine (C=N–C) groups is 1. The van der Waals surface area contributed by atoms with Crippen molar-refractivity contribution in [3.63, 3.8) is 0 Å². The number of aryl methyl sites for hydroxylation is 1. The zero-order valence-electron chi connectivity index (χ0n) is 14.9. The number of alkyl halides is 3. The molecule has 3 aromatic rings. The molecule has 28 heavy (non-hydrogen) atoms. The summed E-state index contributed by atoms with van der Waals surface area (Å²) in [6.07, 6.45) is -2.76. The molecule has 0 aromatic heterocycles. The molecule has 3 aromatic carbocycles. The van der Waals surface area contributed by atoms with Gasteiger partial charge in [0.1, 0.15) is 5.75 Å². The van der Waals surface area contributed by atoms with Gasteiger partial charge in [-0.15, -0.1) is 0 Å². The number of ether oxygens (including phenoxy) is 1. The van der Waals surface area contributed by atoms with Crippen LogP contribution in [0, 0.1) is 6.92 Å². The van der Waals surface area contributed by atoms with E-state index in [0.717, 1.165) is 41.1 Å².